The van der Waals surface area contributed by atoms with Crippen molar-refractivity contribution in [2.24, 2.45) is 56.0 Å². The molecule has 13 amide bonds. The molecule has 29 N–H and O–H groups in total. The fraction of sp³-hybridized carbons (Fsp3) is 0.656. The maximum absolute atomic E-state index is 14.1. The van der Waals surface area contributed by atoms with Crippen LogP contribution in [0.2, 0.25) is 0 Å². The van der Waals surface area contributed by atoms with Crippen LogP contribution < -0.4 is 109 Å². The summed E-state index contributed by atoms with van der Waals surface area (Å²) in [5, 5.41) is 53.4. The number of carbonyl (C=O) groups excluding carboxylic acids is 13. The second-order valence-corrected chi connectivity index (χ2v) is 23.8. The van der Waals surface area contributed by atoms with Crippen LogP contribution >= 0.6 is 0 Å². The first-order valence-corrected chi connectivity index (χ1v) is 32.9. The minimum atomic E-state index is -1.72. The normalized spacial score (nSPS) is 15.1. The predicted molar refractivity (Wildman–Crippen MR) is 361 cm³/mol. The number of hydrogen-bond acceptors (Lipinski definition) is 20. The molecule has 98 heavy (non-hydrogen) atoms. The smallest absolute Gasteiger partial charge is 0.245 e. The van der Waals surface area contributed by atoms with Crippen molar-refractivity contribution in [2.75, 3.05) is 65.5 Å². The van der Waals surface area contributed by atoms with Gasteiger partial charge in [-0.05, 0) is 129 Å². The van der Waals surface area contributed by atoms with Crippen LogP contribution in [0.15, 0.2) is 40.3 Å². The first-order chi connectivity index (χ1) is 46.6. The Balaban J connectivity index is 2.15. The molecule has 1 aliphatic rings. The van der Waals surface area contributed by atoms with Gasteiger partial charge in [0.25, 0.3) is 0 Å². The molecule has 0 aliphatic heterocycles. The van der Waals surface area contributed by atoms with E-state index in [1.807, 2.05) is 0 Å². The quantitative estimate of drug-likeness (QED) is 0.0164. The molecule has 1 saturated carbocycles. The monoisotopic (exact) mass is 1390 g/mol. The third-order valence-electron chi connectivity index (χ3n) is 15.4. The van der Waals surface area contributed by atoms with E-state index in [4.69, 9.17) is 40.1 Å². The Kier molecular flexibility index (Phi) is 41.1. The summed E-state index contributed by atoms with van der Waals surface area (Å²) in [5.74, 6) is -11.2. The van der Waals surface area contributed by atoms with Crippen LogP contribution in [0.3, 0.4) is 0 Å². The van der Waals surface area contributed by atoms with Crippen LogP contribution in [0.5, 0.6) is 0 Å². The molecular weight excluding hydrogens is 1280 g/mol. The van der Waals surface area contributed by atoms with Gasteiger partial charge in [0.15, 0.2) is 11.9 Å². The van der Waals surface area contributed by atoms with Crippen molar-refractivity contribution in [3.8, 4) is 0 Å². The van der Waals surface area contributed by atoms with Crippen molar-refractivity contribution in [1.82, 2.24) is 69.1 Å². The number of nitrogens with zero attached hydrogens (tertiary/aromatic N) is 2. The lowest BCUT2D eigenvalue weighted by atomic mass is 9.89. The predicted octanol–water partition coefficient (Wildman–Crippen LogP) is -8.63. The molecule has 0 bridgehead atoms. The number of aliphatic hydroxyl groups excluding tert-OH is 2. The van der Waals surface area contributed by atoms with Crippen molar-refractivity contribution >= 4 is 88.7 Å². The molecule has 550 valence electrons. The molecule has 2 rings (SSSR count). The molecule has 0 radical (unpaired) electrons. The number of hydrogen-bond donors (Lipinski definition) is 22. The summed E-state index contributed by atoms with van der Waals surface area (Å²) in [7, 11) is 0. The first-order valence-electron chi connectivity index (χ1n) is 32.9. The molecule has 0 unspecified atom stereocenters. The molecule has 1 aliphatic carbocycles. The number of nitrogens with two attached hydrogens (primary N) is 7. The molecule has 37 nitrogen and oxygen atoms in total. The zero-order valence-electron chi connectivity index (χ0n) is 56.3. The van der Waals surface area contributed by atoms with Crippen LogP contribution in [0, 0.1) is 5.92 Å². The van der Waals surface area contributed by atoms with Gasteiger partial charge >= 0.3 is 0 Å². The molecule has 1 aromatic rings. The molecule has 0 saturated heterocycles. The van der Waals surface area contributed by atoms with E-state index in [-0.39, 0.29) is 89.5 Å². The number of primary amides is 1. The van der Waals surface area contributed by atoms with Gasteiger partial charge < -0.3 is 119 Å². The molecule has 37 heteroatoms. The van der Waals surface area contributed by atoms with Crippen molar-refractivity contribution < 1.29 is 72.5 Å². The van der Waals surface area contributed by atoms with Crippen LogP contribution in [-0.2, 0) is 68.7 Å². The number of unbranched alkanes of at least 4 members (excludes halogenated alkanes) is 2. The highest BCUT2D eigenvalue weighted by Crippen LogP contribution is 2.22. The maximum atomic E-state index is 14.1. The number of benzene rings is 1. The summed E-state index contributed by atoms with van der Waals surface area (Å²) >= 11 is 0. The highest BCUT2D eigenvalue weighted by atomic mass is 16.3. The number of nitrogens with one attached hydrogen (secondary N) is 13. The highest BCUT2D eigenvalue weighted by molar-refractivity contribution is 5.99. The Labute approximate surface area is 570 Å². The summed E-state index contributed by atoms with van der Waals surface area (Å²) < 4.78 is 0. The van der Waals surface area contributed by atoms with Crippen LogP contribution in [0.4, 0.5) is 0 Å². The largest absolute Gasteiger partial charge is 0.394 e. The number of rotatable bonds is 48. The minimum Gasteiger partial charge on any atom is -0.394 e. The molecule has 1 fully saturated rings. The van der Waals surface area contributed by atoms with E-state index in [9.17, 15) is 72.5 Å². The van der Waals surface area contributed by atoms with Gasteiger partial charge in [-0.2, -0.15) is 0 Å². The van der Waals surface area contributed by atoms with Gasteiger partial charge in [-0.25, -0.2) is 0 Å². The van der Waals surface area contributed by atoms with Crippen molar-refractivity contribution in [2.45, 2.75) is 184 Å². The Hall–Kier alpha value is -9.33. The topological polar surface area (TPSA) is 626 Å². The van der Waals surface area contributed by atoms with E-state index in [1.54, 1.807) is 30.3 Å². The number of guanidine groups is 2. The summed E-state index contributed by atoms with van der Waals surface area (Å²) in [6.45, 7) is 2.13. The Morgan fingerprint density at radius 1 is 0.459 bits per heavy atom. The van der Waals surface area contributed by atoms with E-state index < -0.39 is 164 Å². The van der Waals surface area contributed by atoms with Crippen molar-refractivity contribution in [1.29, 1.82) is 0 Å². The zero-order valence-corrected chi connectivity index (χ0v) is 56.3. The van der Waals surface area contributed by atoms with Gasteiger partial charge in [0.05, 0.1) is 38.9 Å². The second kappa shape index (κ2) is 47.6. The standard InChI is InChI=1S/C61H106N22O15/c1-35(75-48(88)33-74-59(98)50(37(3)85)83-57(96)44(28-38-16-6-4-7-17-38)77-49(89)32-73-47(87)31-72-46(86)30-69-29-39-18-8-5-9-19-39)52(91)79-43(23-15-27-71-61(67)68)55(94)81-41(21-11-13-25-63)56(95)82-45(34-84)58(97)76-36(2)53(92)80-42(22-14-26-70-60(65)66)54(93)78-40(51(64)90)20-10-12-24-62/h4,6-7,16-17,35-37,39-45,50,69,84-85H,5,8-15,18-34,62-63H2,1-3H3,(H2,64,90)(H,72,86)(H,73,87)(H,74,98)(H,75,88)(H,76,97)(H,77,89)(H,78,93)(H,79,91)(H,80,92)(H,81,94)(H,82,95)(H,83,96)(H4,65,66,70)(H4,67,68,71)/t35-,36-,37+,40-,41-,42-,43-,44-,45-,50-/m0/s1. The van der Waals surface area contributed by atoms with Crippen molar-refractivity contribution in [3.05, 3.63) is 35.9 Å². The summed E-state index contributed by atoms with van der Waals surface area (Å²) in [5.41, 5.74) is 39.2. The molecule has 0 spiro atoms. The van der Waals surface area contributed by atoms with E-state index in [0.717, 1.165) is 25.7 Å². The Bertz CT molecular complexity index is 2800. The molecule has 10 atom stereocenters. The first kappa shape index (κ1) is 84.8. The van der Waals surface area contributed by atoms with Gasteiger partial charge in [0, 0.05) is 19.5 Å². The molecule has 1 aromatic carbocycles. The minimum absolute atomic E-state index is 0.0141. The SMILES string of the molecule is C[C@H](NC(=O)CNC(=O)[C@@H](NC(=O)[C@H](Cc1ccccc1)NC(=O)CNC(=O)CNC(=O)CNCC1CCCCC1)[C@@H](C)O)C(=O)N[C@@H](CCCN=C(N)N)C(=O)N[C@@H](CCCCN)C(=O)N[C@@H](CO)C(=O)N[C@@H](C)C(=O)N[C@@H](CCCN=C(N)N)C(=O)N[C@@H](CCCCN)C(N)=O. The van der Waals surface area contributed by atoms with Gasteiger partial charge in [-0.15, -0.1) is 0 Å². The lowest BCUT2D eigenvalue weighted by Crippen LogP contribution is -2.60. The lowest BCUT2D eigenvalue weighted by Gasteiger charge is -2.26. The maximum Gasteiger partial charge on any atom is 0.245 e. The van der Waals surface area contributed by atoms with Gasteiger partial charge in [-0.1, -0.05) is 49.6 Å². The lowest BCUT2D eigenvalue weighted by molar-refractivity contribution is -0.136. The fourth-order valence-corrected chi connectivity index (χ4v) is 9.93. The van der Waals surface area contributed by atoms with E-state index >= 15 is 0 Å². The van der Waals surface area contributed by atoms with Crippen LogP contribution in [0.25, 0.3) is 0 Å². The van der Waals surface area contributed by atoms with Crippen LogP contribution in [0.1, 0.15) is 123 Å². The number of aliphatic hydroxyl groups is 2. The average molecular weight is 1390 g/mol. The summed E-state index contributed by atoms with van der Waals surface area (Å²) in [6, 6.07) is -4.43. The Morgan fingerprint density at radius 2 is 0.888 bits per heavy atom. The highest BCUT2D eigenvalue weighted by Gasteiger charge is 2.34. The summed E-state index contributed by atoms with van der Waals surface area (Å²) in [6.07, 6.45) is 5.81. The zero-order chi connectivity index (χ0) is 73.1. The summed E-state index contributed by atoms with van der Waals surface area (Å²) in [4.78, 5) is 181. The number of aliphatic imine (C=N–C) groups is 2. The Morgan fingerprint density at radius 3 is 1.39 bits per heavy atom. The fourth-order valence-electron chi connectivity index (χ4n) is 9.93. The van der Waals surface area contributed by atoms with Crippen LogP contribution in [-0.4, -0.2) is 225 Å². The molecular formula is C61H106N22O15. The second-order valence-electron chi connectivity index (χ2n) is 23.8. The number of carbonyl (C=O) groups is 13. The molecule has 0 heterocycles. The van der Waals surface area contributed by atoms with E-state index in [2.05, 4.69) is 79.1 Å². The van der Waals surface area contributed by atoms with Gasteiger partial charge in [0.1, 0.15) is 54.4 Å². The molecule has 0 aromatic heterocycles. The third kappa shape index (κ3) is 35.6. The van der Waals surface area contributed by atoms with Crippen molar-refractivity contribution in [3.63, 3.8) is 0 Å². The number of amides is 13. The van der Waals surface area contributed by atoms with E-state index in [0.29, 0.717) is 43.8 Å². The van der Waals surface area contributed by atoms with Gasteiger partial charge in [0.2, 0.25) is 76.8 Å². The van der Waals surface area contributed by atoms with E-state index in [1.165, 1.54) is 27.2 Å². The third-order valence-corrected chi connectivity index (χ3v) is 15.4. The average Bonchev–Trinajstić information content (AvgIpc) is 0.938. The van der Waals surface area contributed by atoms with Gasteiger partial charge in [-0.3, -0.25) is 72.3 Å².